The van der Waals surface area contributed by atoms with Crippen LogP contribution in [0.3, 0.4) is 0 Å². The zero-order valence-electron chi connectivity index (χ0n) is 10.7. The maximum absolute atomic E-state index is 11.5. The number of aromatic nitrogens is 1. The molecule has 3 rings (SSSR count). The van der Waals surface area contributed by atoms with E-state index in [1.807, 2.05) is 18.2 Å². The Balaban J connectivity index is 2.06. The van der Waals surface area contributed by atoms with Crippen molar-refractivity contribution in [3.05, 3.63) is 40.4 Å². The van der Waals surface area contributed by atoms with Crippen molar-refractivity contribution in [2.75, 3.05) is 13.6 Å². The number of rotatable bonds is 2. The molecule has 0 bridgehead atoms. The molecule has 19 heavy (non-hydrogen) atoms. The summed E-state index contributed by atoms with van der Waals surface area (Å²) in [5.41, 5.74) is 7.98. The van der Waals surface area contributed by atoms with Crippen LogP contribution in [0.5, 0.6) is 0 Å². The van der Waals surface area contributed by atoms with Crippen LogP contribution in [0.1, 0.15) is 20.9 Å². The van der Waals surface area contributed by atoms with E-state index in [9.17, 15) is 4.79 Å². The molecule has 2 N–H and O–H groups in total. The van der Waals surface area contributed by atoms with Crippen molar-refractivity contribution in [2.45, 2.75) is 13.0 Å². The summed E-state index contributed by atoms with van der Waals surface area (Å²) in [5.74, 6) is -0.402. The number of carbonyl (C=O) groups is 1. The van der Waals surface area contributed by atoms with Gasteiger partial charge in [-0.05, 0) is 13.1 Å². The third kappa shape index (κ3) is 2.27. The van der Waals surface area contributed by atoms with Gasteiger partial charge in [0.05, 0.1) is 5.69 Å². The molecule has 5 heteroatoms. The summed E-state index contributed by atoms with van der Waals surface area (Å²) in [7, 11) is 2.11. The van der Waals surface area contributed by atoms with E-state index in [0.717, 1.165) is 35.8 Å². The van der Waals surface area contributed by atoms with E-state index in [1.165, 1.54) is 4.88 Å². The van der Waals surface area contributed by atoms with Crippen LogP contribution in [0.15, 0.2) is 24.3 Å². The summed E-state index contributed by atoms with van der Waals surface area (Å²) in [4.78, 5) is 19.7. The largest absolute Gasteiger partial charge is 0.366 e. The van der Waals surface area contributed by atoms with E-state index in [1.54, 1.807) is 17.4 Å². The number of carbonyl (C=O) groups excluding carboxylic acids is 1. The zero-order valence-corrected chi connectivity index (χ0v) is 11.5. The summed E-state index contributed by atoms with van der Waals surface area (Å²) in [6.45, 7) is 1.97. The summed E-state index contributed by atoms with van der Waals surface area (Å²) in [6, 6.07) is 7.40. The lowest BCUT2D eigenvalue weighted by atomic mass is 10.1. The lowest BCUT2D eigenvalue weighted by Gasteiger charge is -2.20. The first-order valence-electron chi connectivity index (χ1n) is 6.21. The average molecular weight is 273 g/mol. The van der Waals surface area contributed by atoms with E-state index in [0.29, 0.717) is 5.56 Å². The molecule has 0 spiro atoms. The number of primary amides is 1. The first-order valence-corrected chi connectivity index (χ1v) is 7.03. The van der Waals surface area contributed by atoms with Gasteiger partial charge in [0.25, 0.3) is 0 Å². The molecule has 0 radical (unpaired) electrons. The van der Waals surface area contributed by atoms with Crippen molar-refractivity contribution in [3.63, 3.8) is 0 Å². The van der Waals surface area contributed by atoms with Crippen LogP contribution >= 0.6 is 11.3 Å². The highest BCUT2D eigenvalue weighted by atomic mass is 32.1. The molecule has 1 aliphatic rings. The van der Waals surface area contributed by atoms with Crippen molar-refractivity contribution < 1.29 is 4.79 Å². The molecule has 1 aromatic heterocycles. The van der Waals surface area contributed by atoms with Crippen molar-refractivity contribution in [1.29, 1.82) is 0 Å². The van der Waals surface area contributed by atoms with Gasteiger partial charge in [0.2, 0.25) is 5.91 Å². The smallest absolute Gasteiger partial charge is 0.249 e. The molecule has 0 aliphatic carbocycles. The minimum atomic E-state index is -0.402. The van der Waals surface area contributed by atoms with E-state index >= 15 is 0 Å². The van der Waals surface area contributed by atoms with Crippen LogP contribution in [-0.2, 0) is 13.0 Å². The van der Waals surface area contributed by atoms with Crippen LogP contribution in [0.4, 0.5) is 0 Å². The third-order valence-corrected chi connectivity index (χ3v) is 4.46. The van der Waals surface area contributed by atoms with Crippen LogP contribution in [-0.4, -0.2) is 29.4 Å². The van der Waals surface area contributed by atoms with Crippen LogP contribution in [0, 0.1) is 0 Å². The highest BCUT2D eigenvalue weighted by Crippen LogP contribution is 2.32. The molecule has 0 saturated carbocycles. The fraction of sp³-hybridized carbons (Fsp3) is 0.286. The van der Waals surface area contributed by atoms with E-state index in [-0.39, 0.29) is 0 Å². The molecule has 1 aromatic carbocycles. The van der Waals surface area contributed by atoms with Crippen LogP contribution < -0.4 is 5.73 Å². The Morgan fingerprint density at radius 3 is 3.00 bits per heavy atom. The highest BCUT2D eigenvalue weighted by molar-refractivity contribution is 7.15. The molecule has 0 fully saturated rings. The van der Waals surface area contributed by atoms with Gasteiger partial charge in [0.1, 0.15) is 5.01 Å². The molecule has 98 valence electrons. The number of thiazole rings is 1. The average Bonchev–Trinajstić information content (AvgIpc) is 2.81. The van der Waals surface area contributed by atoms with Gasteiger partial charge in [-0.15, -0.1) is 11.3 Å². The maximum atomic E-state index is 11.5. The molecular weight excluding hydrogens is 258 g/mol. The van der Waals surface area contributed by atoms with E-state index in [4.69, 9.17) is 5.73 Å². The fourth-order valence-electron chi connectivity index (χ4n) is 2.32. The Morgan fingerprint density at radius 1 is 1.42 bits per heavy atom. The summed E-state index contributed by atoms with van der Waals surface area (Å²) in [5, 5.41) is 0.898. The van der Waals surface area contributed by atoms with Gasteiger partial charge in [-0.2, -0.15) is 0 Å². The summed E-state index contributed by atoms with van der Waals surface area (Å²) >= 11 is 1.66. The standard InChI is InChI=1S/C14H15N3OS/c1-17-7-6-11-12(8-17)19-14(16-11)10-5-3-2-4-9(10)13(15)18/h2-5H,6-8H2,1H3,(H2,15,18). The van der Waals surface area contributed by atoms with E-state index < -0.39 is 5.91 Å². The first-order chi connectivity index (χ1) is 9.15. The second kappa shape index (κ2) is 4.75. The van der Waals surface area contributed by atoms with Gasteiger partial charge in [-0.3, -0.25) is 4.79 Å². The Hall–Kier alpha value is -1.72. The molecular formula is C14H15N3OS. The quantitative estimate of drug-likeness (QED) is 0.909. The normalized spacial score (nSPS) is 15.2. The van der Waals surface area contributed by atoms with Crippen molar-refractivity contribution in [3.8, 4) is 10.6 Å². The lowest BCUT2D eigenvalue weighted by molar-refractivity contribution is 0.100. The molecule has 1 aliphatic heterocycles. The Bertz CT molecular complexity index is 635. The SMILES string of the molecule is CN1CCc2nc(-c3ccccc3C(N)=O)sc2C1. The van der Waals surface area contributed by atoms with Crippen molar-refractivity contribution in [1.82, 2.24) is 9.88 Å². The monoisotopic (exact) mass is 273 g/mol. The predicted molar refractivity (Wildman–Crippen MR) is 76.1 cm³/mol. The van der Waals surface area contributed by atoms with Gasteiger partial charge < -0.3 is 10.6 Å². The Labute approximate surface area is 115 Å². The predicted octanol–water partition coefficient (Wildman–Crippen LogP) is 1.90. The Kier molecular flexibility index (Phi) is 3.08. The number of hydrogen-bond donors (Lipinski definition) is 1. The molecule has 0 unspecified atom stereocenters. The summed E-state index contributed by atoms with van der Waals surface area (Å²) < 4.78 is 0. The number of likely N-dealkylation sites (N-methyl/N-ethyl adjacent to an activating group) is 1. The lowest BCUT2D eigenvalue weighted by Crippen LogP contribution is -2.25. The molecule has 0 atom stereocenters. The van der Waals surface area contributed by atoms with Gasteiger partial charge in [0.15, 0.2) is 0 Å². The van der Waals surface area contributed by atoms with Gasteiger partial charge in [0, 0.05) is 35.5 Å². The molecule has 4 nitrogen and oxygen atoms in total. The van der Waals surface area contributed by atoms with Crippen molar-refractivity contribution in [2.24, 2.45) is 5.73 Å². The highest BCUT2D eigenvalue weighted by Gasteiger charge is 2.20. The minimum Gasteiger partial charge on any atom is -0.366 e. The van der Waals surface area contributed by atoms with Gasteiger partial charge in [-0.25, -0.2) is 4.98 Å². The van der Waals surface area contributed by atoms with Crippen molar-refractivity contribution >= 4 is 17.2 Å². The van der Waals surface area contributed by atoms with Gasteiger partial charge >= 0.3 is 0 Å². The maximum Gasteiger partial charge on any atom is 0.249 e. The summed E-state index contributed by atoms with van der Waals surface area (Å²) in [6.07, 6.45) is 0.973. The molecule has 1 amide bonds. The van der Waals surface area contributed by atoms with E-state index in [2.05, 4.69) is 16.9 Å². The second-order valence-corrected chi connectivity index (χ2v) is 5.87. The topological polar surface area (TPSA) is 59.2 Å². The number of amides is 1. The number of nitrogens with two attached hydrogens (primary N) is 1. The van der Waals surface area contributed by atoms with Gasteiger partial charge in [-0.1, -0.05) is 18.2 Å². The number of hydrogen-bond acceptors (Lipinski definition) is 4. The minimum absolute atomic E-state index is 0.402. The zero-order chi connectivity index (χ0) is 13.4. The third-order valence-electron chi connectivity index (χ3n) is 3.35. The second-order valence-electron chi connectivity index (χ2n) is 4.79. The number of fused-ring (bicyclic) bond motifs is 1. The molecule has 2 aromatic rings. The fourth-order valence-corrected chi connectivity index (χ4v) is 3.55. The molecule has 2 heterocycles. The molecule has 0 saturated heterocycles. The Morgan fingerprint density at radius 2 is 2.21 bits per heavy atom. The van der Waals surface area contributed by atoms with Crippen LogP contribution in [0.2, 0.25) is 0 Å². The number of benzene rings is 1. The number of nitrogens with zero attached hydrogens (tertiary/aromatic N) is 2. The first kappa shape index (κ1) is 12.3. The van der Waals surface area contributed by atoms with Crippen LogP contribution in [0.25, 0.3) is 10.6 Å².